The van der Waals surface area contributed by atoms with E-state index in [9.17, 15) is 14.3 Å². The number of nitrogens with zero attached hydrogens (tertiary/aromatic N) is 4. The summed E-state index contributed by atoms with van der Waals surface area (Å²) in [7, 11) is 0. The molecule has 4 aromatic heterocycles. The van der Waals surface area contributed by atoms with Gasteiger partial charge in [-0.05, 0) is 80.8 Å². The van der Waals surface area contributed by atoms with E-state index >= 15 is 0 Å². The molecule has 0 spiro atoms. The van der Waals surface area contributed by atoms with Crippen molar-refractivity contribution < 1.29 is 28.2 Å². The predicted molar refractivity (Wildman–Crippen MR) is 166 cm³/mol. The quantitative estimate of drug-likeness (QED) is 0.205. The van der Waals surface area contributed by atoms with E-state index in [0.29, 0.717) is 58.1 Å². The highest BCUT2D eigenvalue weighted by Gasteiger charge is 2.33. The van der Waals surface area contributed by atoms with Gasteiger partial charge in [-0.3, -0.25) is 4.98 Å². The van der Waals surface area contributed by atoms with Crippen LogP contribution in [0.2, 0.25) is 0 Å². The summed E-state index contributed by atoms with van der Waals surface area (Å²) < 4.78 is 33.4. The minimum atomic E-state index is -1.27. The van der Waals surface area contributed by atoms with Crippen LogP contribution in [-0.2, 0) is 22.4 Å². The second-order valence-electron chi connectivity index (χ2n) is 12.2. The van der Waals surface area contributed by atoms with Crippen LogP contribution in [0.25, 0.3) is 39.1 Å². The molecule has 1 atom stereocenters. The third-order valence-electron chi connectivity index (χ3n) is 7.86. The zero-order chi connectivity index (χ0) is 31.5. The third kappa shape index (κ3) is 5.31. The van der Waals surface area contributed by atoms with Crippen LogP contribution in [0.15, 0.2) is 71.5 Å². The van der Waals surface area contributed by atoms with Crippen molar-refractivity contribution in [2.45, 2.75) is 52.2 Å². The summed E-state index contributed by atoms with van der Waals surface area (Å²) >= 11 is 0. The van der Waals surface area contributed by atoms with Crippen LogP contribution < -0.4 is 4.74 Å². The Balaban J connectivity index is 1.44. The van der Waals surface area contributed by atoms with Crippen LogP contribution >= 0.6 is 0 Å². The van der Waals surface area contributed by atoms with Gasteiger partial charge in [0.05, 0.1) is 29.4 Å². The van der Waals surface area contributed by atoms with Crippen molar-refractivity contribution in [2.75, 3.05) is 6.61 Å². The first-order chi connectivity index (χ1) is 21.6. The number of carboxylic acids is 1. The Labute approximate surface area is 258 Å². The Hall–Kier alpha value is -5.09. The van der Waals surface area contributed by atoms with Crippen molar-refractivity contribution >= 4 is 22.4 Å². The molecule has 0 aliphatic carbocycles. The molecule has 5 heterocycles. The number of aromatic nitrogens is 4. The average molecular weight is 607 g/mol. The molecule has 0 fully saturated rings. The number of hydrogen-bond donors (Lipinski definition) is 1. The zero-order valence-electron chi connectivity index (χ0n) is 25.3. The summed E-state index contributed by atoms with van der Waals surface area (Å²) in [6, 6.07) is 13.9. The molecule has 6 aromatic rings. The summed E-state index contributed by atoms with van der Waals surface area (Å²) in [5, 5.41) is 16.2. The van der Waals surface area contributed by atoms with Gasteiger partial charge in [-0.25, -0.2) is 18.7 Å². The Kier molecular flexibility index (Phi) is 6.89. The fraction of sp³-hybridized carbons (Fsp3) is 0.257. The van der Waals surface area contributed by atoms with Crippen molar-refractivity contribution in [3.8, 4) is 28.5 Å². The van der Waals surface area contributed by atoms with Crippen LogP contribution in [0.3, 0.4) is 0 Å². The van der Waals surface area contributed by atoms with Gasteiger partial charge in [0.15, 0.2) is 6.10 Å². The molecule has 7 rings (SSSR count). The van der Waals surface area contributed by atoms with Crippen LogP contribution in [-0.4, -0.2) is 42.9 Å². The van der Waals surface area contributed by atoms with Crippen molar-refractivity contribution in [1.29, 1.82) is 0 Å². The molecule has 0 saturated carbocycles. The maximum absolute atomic E-state index is 13.4. The number of fused-ring (bicyclic) bond motifs is 1. The molecule has 1 aliphatic heterocycles. The van der Waals surface area contributed by atoms with Gasteiger partial charge in [-0.15, -0.1) is 0 Å². The molecule has 0 bridgehead atoms. The largest absolute Gasteiger partial charge is 0.493 e. The lowest BCUT2D eigenvalue weighted by molar-refractivity contribution is -0.160. The van der Waals surface area contributed by atoms with E-state index in [2.05, 4.69) is 4.98 Å². The number of carbonyl (C=O) groups is 1. The van der Waals surface area contributed by atoms with Gasteiger partial charge in [0, 0.05) is 47.3 Å². The summed E-state index contributed by atoms with van der Waals surface area (Å²) in [5.74, 6) is 0.254. The van der Waals surface area contributed by atoms with Crippen LogP contribution in [0.1, 0.15) is 54.9 Å². The number of halogens is 1. The zero-order valence-corrected chi connectivity index (χ0v) is 25.3. The fourth-order valence-electron chi connectivity index (χ4n) is 5.99. The normalized spacial score (nSPS) is 13.7. The van der Waals surface area contributed by atoms with Gasteiger partial charge in [-0.1, -0.05) is 12.1 Å². The molecule has 0 unspecified atom stereocenters. The number of rotatable bonds is 7. The monoisotopic (exact) mass is 606 g/mol. The number of aryl methyl sites for hydroxylation is 1. The number of hydrogen-bond acceptors (Lipinski definition) is 7. The second kappa shape index (κ2) is 10.8. The highest BCUT2D eigenvalue weighted by molar-refractivity contribution is 6.04. The lowest BCUT2D eigenvalue weighted by Crippen LogP contribution is -2.28. The number of aliphatic carboxylic acids is 1. The number of oxazole rings is 1. The van der Waals surface area contributed by atoms with Crippen LogP contribution in [0.5, 0.6) is 5.75 Å². The first-order valence-corrected chi connectivity index (χ1v) is 14.7. The first kappa shape index (κ1) is 28.7. The molecule has 2 aromatic carbocycles. The smallest absolute Gasteiger partial charge is 0.337 e. The van der Waals surface area contributed by atoms with Gasteiger partial charge in [0.25, 0.3) is 0 Å². The summed E-state index contributed by atoms with van der Waals surface area (Å²) in [4.78, 5) is 22.1. The molecule has 45 heavy (non-hydrogen) atoms. The molecule has 0 saturated heterocycles. The van der Waals surface area contributed by atoms with Gasteiger partial charge >= 0.3 is 5.97 Å². The van der Waals surface area contributed by atoms with E-state index in [1.54, 1.807) is 35.2 Å². The van der Waals surface area contributed by atoms with Gasteiger partial charge in [0.2, 0.25) is 5.89 Å². The highest BCUT2D eigenvalue weighted by Crippen LogP contribution is 2.44. The fourth-order valence-corrected chi connectivity index (χ4v) is 5.99. The van der Waals surface area contributed by atoms with E-state index in [-0.39, 0.29) is 5.82 Å². The maximum Gasteiger partial charge on any atom is 0.337 e. The van der Waals surface area contributed by atoms with E-state index in [4.69, 9.17) is 24.0 Å². The van der Waals surface area contributed by atoms with E-state index in [0.717, 1.165) is 34.2 Å². The Bertz CT molecular complexity index is 2080. The van der Waals surface area contributed by atoms with E-state index in [1.165, 1.54) is 12.1 Å². The van der Waals surface area contributed by atoms with Gasteiger partial charge < -0.3 is 19.0 Å². The first-order valence-electron chi connectivity index (χ1n) is 14.7. The molecule has 0 radical (unpaired) electrons. The third-order valence-corrected chi connectivity index (χ3v) is 7.86. The lowest BCUT2D eigenvalue weighted by atomic mass is 9.89. The maximum atomic E-state index is 13.4. The van der Waals surface area contributed by atoms with Crippen molar-refractivity contribution in [1.82, 2.24) is 19.6 Å². The number of benzene rings is 2. The van der Waals surface area contributed by atoms with Crippen LogP contribution in [0, 0.1) is 12.7 Å². The number of carboxylic acid groups (broad SMARTS) is 1. The standard InChI is InChI=1S/C35H31FN4O5/c1-19-18-40-26(16-25(39-40)33-38-17-23(44-33)15-20-5-7-22(36)8-6-20)30(28(19)32(34(41)42)45-35(2,3)4)24-9-10-27-29-21(12-14-43-27)11-13-37-31(24)29/h5-11,13,16-18,32H,12,14-15H2,1-4H3,(H,41,42)/t32-/m0/s1. The predicted octanol–water partition coefficient (Wildman–Crippen LogP) is 7.12. The summed E-state index contributed by atoms with van der Waals surface area (Å²) in [5.41, 5.74) is 5.67. The molecular formula is C35H31FN4O5. The number of ether oxygens (including phenoxy) is 2. The topological polar surface area (TPSA) is 112 Å². The average Bonchev–Trinajstić information content (AvgIpc) is 3.64. The molecule has 228 valence electrons. The minimum absolute atomic E-state index is 0.302. The lowest BCUT2D eigenvalue weighted by Gasteiger charge is -2.28. The van der Waals surface area contributed by atoms with E-state index < -0.39 is 17.7 Å². The minimum Gasteiger partial charge on any atom is -0.493 e. The van der Waals surface area contributed by atoms with Gasteiger partial charge in [-0.2, -0.15) is 5.10 Å². The molecule has 1 N–H and O–H groups in total. The molecule has 1 aliphatic rings. The SMILES string of the molecule is Cc1cn2nc(-c3ncc(Cc4ccc(F)cc4)o3)cc2c(-c2ccc3c4c(ccnc24)CCO3)c1[C@H](OC(C)(C)C)C(=O)O. The molecular weight excluding hydrogens is 575 g/mol. The van der Waals surface area contributed by atoms with Crippen molar-refractivity contribution in [3.63, 3.8) is 0 Å². The van der Waals surface area contributed by atoms with Crippen molar-refractivity contribution in [2.24, 2.45) is 0 Å². The highest BCUT2D eigenvalue weighted by atomic mass is 19.1. The second-order valence-corrected chi connectivity index (χ2v) is 12.2. The summed E-state index contributed by atoms with van der Waals surface area (Å²) in [6.07, 6.45) is 5.12. The van der Waals surface area contributed by atoms with Gasteiger partial charge in [0.1, 0.15) is 23.0 Å². The summed E-state index contributed by atoms with van der Waals surface area (Å²) in [6.45, 7) is 7.94. The Morgan fingerprint density at radius 3 is 2.69 bits per heavy atom. The molecule has 10 heteroatoms. The molecule has 0 amide bonds. The molecule has 9 nitrogen and oxygen atoms in total. The van der Waals surface area contributed by atoms with E-state index in [1.807, 2.05) is 52.0 Å². The number of pyridine rings is 2. The van der Waals surface area contributed by atoms with Crippen LogP contribution in [0.4, 0.5) is 4.39 Å². The van der Waals surface area contributed by atoms with Crippen molar-refractivity contribution in [3.05, 3.63) is 101 Å². The Morgan fingerprint density at radius 2 is 1.93 bits per heavy atom. The Morgan fingerprint density at radius 1 is 1.13 bits per heavy atom.